The summed E-state index contributed by atoms with van der Waals surface area (Å²) < 4.78 is 32.4. The topological polar surface area (TPSA) is 55.7 Å². The van der Waals surface area contributed by atoms with Crippen LogP contribution < -0.4 is 0 Å². The molecule has 0 aromatic heterocycles. The third kappa shape index (κ3) is 2.59. The van der Waals surface area contributed by atoms with Crippen LogP contribution in [0, 0.1) is 0 Å². The number of hydrogen-bond donors (Lipinski definition) is 0. The minimum Gasteiger partial charge on any atom is -0.384 e. The van der Waals surface area contributed by atoms with Gasteiger partial charge in [0.05, 0.1) is 17.2 Å². The molecule has 0 saturated heterocycles. The second-order valence-corrected chi connectivity index (χ2v) is 6.63. The molecule has 1 aromatic carbocycles. The molecule has 0 spiro atoms. The maximum atomic E-state index is 11.8. The fourth-order valence-corrected chi connectivity index (χ4v) is 3.62. The Balaban J connectivity index is 2.32. The normalized spacial score (nSPS) is 18.6. The molecule has 1 aliphatic rings. The molecule has 1 atom stereocenters. The zero-order valence-electron chi connectivity index (χ0n) is 9.26. The van der Waals surface area contributed by atoms with Gasteiger partial charge in [-0.1, -0.05) is 34.1 Å². The smallest absolute Gasteiger partial charge is 0.283 e. The van der Waals surface area contributed by atoms with E-state index < -0.39 is 10.0 Å². The molecule has 4 nitrogen and oxygen atoms in total. The zero-order chi connectivity index (χ0) is 12.5. The standard InChI is InChI=1S/C11H12BrNO3S/c1-16-7-8(12)6-10-9-4-2-3-5-11(9)17(14,15)13-10/h2-5,8H,6-7H2,1H3. The summed E-state index contributed by atoms with van der Waals surface area (Å²) in [5, 5.41) is 0. The molecule has 1 heterocycles. The fraction of sp³-hybridized carbons (Fsp3) is 0.364. The summed E-state index contributed by atoms with van der Waals surface area (Å²) in [7, 11) is -1.88. The summed E-state index contributed by atoms with van der Waals surface area (Å²) in [4.78, 5) is 0.361. The molecular weight excluding hydrogens is 306 g/mol. The van der Waals surface area contributed by atoms with Crippen molar-refractivity contribution in [2.45, 2.75) is 16.1 Å². The van der Waals surface area contributed by atoms with Crippen LogP contribution in [-0.4, -0.2) is 32.7 Å². The van der Waals surface area contributed by atoms with E-state index >= 15 is 0 Å². The lowest BCUT2D eigenvalue weighted by atomic mass is 10.1. The number of ether oxygens (including phenoxy) is 1. The van der Waals surface area contributed by atoms with Crippen LogP contribution in [0.1, 0.15) is 12.0 Å². The lowest BCUT2D eigenvalue weighted by Crippen LogP contribution is -2.12. The lowest BCUT2D eigenvalue weighted by Gasteiger charge is -2.08. The van der Waals surface area contributed by atoms with Crippen LogP contribution in [0.4, 0.5) is 0 Å². The first kappa shape index (κ1) is 12.7. The Bertz CT molecular complexity index is 554. The molecule has 1 aliphatic heterocycles. The summed E-state index contributed by atoms with van der Waals surface area (Å²) >= 11 is 3.44. The Morgan fingerprint density at radius 1 is 1.41 bits per heavy atom. The van der Waals surface area contributed by atoms with Gasteiger partial charge in [-0.05, 0) is 6.07 Å². The van der Waals surface area contributed by atoms with Crippen molar-refractivity contribution < 1.29 is 13.2 Å². The van der Waals surface area contributed by atoms with Crippen molar-refractivity contribution in [2.75, 3.05) is 13.7 Å². The molecule has 0 bridgehead atoms. The molecule has 1 aromatic rings. The van der Waals surface area contributed by atoms with E-state index in [0.29, 0.717) is 29.2 Å². The van der Waals surface area contributed by atoms with Crippen LogP contribution in [0.2, 0.25) is 0 Å². The third-order valence-electron chi connectivity index (χ3n) is 2.47. The molecule has 6 heteroatoms. The van der Waals surface area contributed by atoms with E-state index in [1.807, 2.05) is 6.07 Å². The van der Waals surface area contributed by atoms with Crippen LogP contribution in [0.5, 0.6) is 0 Å². The van der Waals surface area contributed by atoms with E-state index in [0.717, 1.165) is 0 Å². The predicted octanol–water partition coefficient (Wildman–Crippen LogP) is 1.98. The third-order valence-corrected chi connectivity index (χ3v) is 4.43. The fourth-order valence-electron chi connectivity index (χ4n) is 1.77. The molecule has 0 aliphatic carbocycles. The summed E-state index contributed by atoms with van der Waals surface area (Å²) in [6.45, 7) is 0.515. The van der Waals surface area contributed by atoms with Gasteiger partial charge in [0.1, 0.15) is 0 Å². The Labute approximate surface area is 109 Å². The lowest BCUT2D eigenvalue weighted by molar-refractivity contribution is 0.202. The van der Waals surface area contributed by atoms with Gasteiger partial charge < -0.3 is 4.74 Å². The average molecular weight is 318 g/mol. The Hall–Kier alpha value is -0.720. The number of halogens is 1. The van der Waals surface area contributed by atoms with Crippen molar-refractivity contribution in [3.63, 3.8) is 0 Å². The van der Waals surface area contributed by atoms with E-state index in [1.54, 1.807) is 25.3 Å². The van der Waals surface area contributed by atoms with Gasteiger partial charge in [0.2, 0.25) is 0 Å². The van der Waals surface area contributed by atoms with Crippen LogP contribution in [0.25, 0.3) is 0 Å². The van der Waals surface area contributed by atoms with E-state index in [1.165, 1.54) is 0 Å². The van der Waals surface area contributed by atoms with Crippen molar-refractivity contribution in [3.8, 4) is 0 Å². The first-order valence-corrected chi connectivity index (χ1v) is 7.46. The highest BCUT2D eigenvalue weighted by atomic mass is 79.9. The Morgan fingerprint density at radius 3 is 2.82 bits per heavy atom. The van der Waals surface area contributed by atoms with Gasteiger partial charge in [-0.15, -0.1) is 0 Å². The highest BCUT2D eigenvalue weighted by Crippen LogP contribution is 2.28. The number of hydrogen-bond acceptors (Lipinski definition) is 3. The van der Waals surface area contributed by atoms with Crippen molar-refractivity contribution in [1.82, 2.24) is 0 Å². The van der Waals surface area contributed by atoms with Crippen LogP contribution in [-0.2, 0) is 14.8 Å². The largest absolute Gasteiger partial charge is 0.384 e. The highest BCUT2D eigenvalue weighted by molar-refractivity contribution is 9.09. The second-order valence-electron chi connectivity index (χ2n) is 3.77. The maximum absolute atomic E-state index is 11.8. The number of nitrogens with zero attached hydrogens (tertiary/aromatic N) is 1. The number of rotatable bonds is 4. The van der Waals surface area contributed by atoms with Gasteiger partial charge in [0.15, 0.2) is 0 Å². The average Bonchev–Trinajstić information content (AvgIpc) is 2.52. The number of fused-ring (bicyclic) bond motifs is 1. The quantitative estimate of drug-likeness (QED) is 0.798. The van der Waals surface area contributed by atoms with Crippen LogP contribution in [0.3, 0.4) is 0 Å². The van der Waals surface area contributed by atoms with Gasteiger partial charge >= 0.3 is 0 Å². The molecule has 0 fully saturated rings. The number of methoxy groups -OCH3 is 1. The summed E-state index contributed by atoms with van der Waals surface area (Å²) in [5.74, 6) is 0. The molecule has 2 rings (SSSR count). The minimum absolute atomic E-state index is 0.0626. The molecular formula is C11H12BrNO3S. The van der Waals surface area contributed by atoms with Crippen molar-refractivity contribution in [1.29, 1.82) is 0 Å². The SMILES string of the molecule is COCC(Br)CC1=NS(=O)(=O)c2ccccc21. The molecule has 1 unspecified atom stereocenters. The van der Waals surface area contributed by atoms with Gasteiger partial charge in [-0.3, -0.25) is 0 Å². The number of benzene rings is 1. The van der Waals surface area contributed by atoms with E-state index in [4.69, 9.17) is 4.74 Å². The molecule has 0 amide bonds. The molecule has 17 heavy (non-hydrogen) atoms. The van der Waals surface area contributed by atoms with Gasteiger partial charge in [0, 0.05) is 23.9 Å². The Kier molecular flexibility index (Phi) is 3.65. The molecule has 92 valence electrons. The molecule has 0 saturated carbocycles. The van der Waals surface area contributed by atoms with Gasteiger partial charge in [0.25, 0.3) is 10.0 Å². The van der Waals surface area contributed by atoms with Crippen molar-refractivity contribution in [3.05, 3.63) is 29.8 Å². The molecule has 0 radical (unpaired) electrons. The summed E-state index contributed by atoms with van der Waals surface area (Å²) in [6, 6.07) is 6.89. The second kappa shape index (κ2) is 4.88. The monoisotopic (exact) mass is 317 g/mol. The van der Waals surface area contributed by atoms with Gasteiger partial charge in [-0.25, -0.2) is 0 Å². The van der Waals surface area contributed by atoms with E-state index in [2.05, 4.69) is 20.3 Å². The van der Waals surface area contributed by atoms with Gasteiger partial charge in [-0.2, -0.15) is 12.8 Å². The maximum Gasteiger partial charge on any atom is 0.283 e. The van der Waals surface area contributed by atoms with E-state index in [9.17, 15) is 8.42 Å². The van der Waals surface area contributed by atoms with Crippen LogP contribution in [0.15, 0.2) is 33.6 Å². The zero-order valence-corrected chi connectivity index (χ0v) is 11.7. The van der Waals surface area contributed by atoms with Crippen molar-refractivity contribution in [2.24, 2.45) is 4.40 Å². The minimum atomic E-state index is -3.49. The summed E-state index contributed by atoms with van der Waals surface area (Å²) in [5.41, 5.74) is 1.30. The van der Waals surface area contributed by atoms with Crippen molar-refractivity contribution >= 4 is 31.7 Å². The number of alkyl halides is 1. The first-order valence-electron chi connectivity index (χ1n) is 5.11. The Morgan fingerprint density at radius 2 is 2.12 bits per heavy atom. The predicted molar refractivity (Wildman–Crippen MR) is 69.4 cm³/mol. The highest BCUT2D eigenvalue weighted by Gasteiger charge is 2.28. The first-order chi connectivity index (χ1) is 8.04. The van der Waals surface area contributed by atoms with Crippen LogP contribution >= 0.6 is 15.9 Å². The van der Waals surface area contributed by atoms with E-state index in [-0.39, 0.29) is 4.83 Å². The molecule has 0 N–H and O–H groups in total. The number of sulfonamides is 1. The summed E-state index contributed by atoms with van der Waals surface area (Å²) in [6.07, 6.45) is 0.532.